The van der Waals surface area contributed by atoms with Crippen molar-refractivity contribution >= 4 is 17.5 Å². The van der Waals surface area contributed by atoms with Crippen molar-refractivity contribution < 1.29 is 9.21 Å². The zero-order chi connectivity index (χ0) is 15.5. The summed E-state index contributed by atoms with van der Waals surface area (Å²) in [5.74, 6) is 1.93. The first-order valence-corrected chi connectivity index (χ1v) is 8.04. The number of nitrogens with zero attached hydrogens (tertiary/aromatic N) is 1. The second-order valence-corrected chi connectivity index (χ2v) is 6.08. The molecule has 1 aliphatic rings. The first kappa shape index (κ1) is 15.1. The van der Waals surface area contributed by atoms with Crippen molar-refractivity contribution in [3.63, 3.8) is 0 Å². The lowest BCUT2D eigenvalue weighted by Crippen LogP contribution is -2.26. The third-order valence-electron chi connectivity index (χ3n) is 4.05. The summed E-state index contributed by atoms with van der Waals surface area (Å²) in [4.78, 5) is 16.1. The fourth-order valence-corrected chi connectivity index (χ4v) is 2.82. The highest BCUT2D eigenvalue weighted by Crippen LogP contribution is 2.33. The van der Waals surface area contributed by atoms with Crippen LogP contribution < -0.4 is 5.32 Å². The van der Waals surface area contributed by atoms with Gasteiger partial charge in [-0.1, -0.05) is 37.1 Å². The number of amides is 1. The van der Waals surface area contributed by atoms with Crippen LogP contribution >= 0.6 is 11.6 Å². The summed E-state index contributed by atoms with van der Waals surface area (Å²) >= 11 is 6.14. The van der Waals surface area contributed by atoms with Crippen molar-refractivity contribution in [2.45, 2.75) is 38.6 Å². The minimum atomic E-state index is 0.0680. The van der Waals surface area contributed by atoms with Crippen LogP contribution in [0.4, 0.5) is 0 Å². The molecule has 0 spiro atoms. The number of halogens is 1. The van der Waals surface area contributed by atoms with E-state index < -0.39 is 0 Å². The van der Waals surface area contributed by atoms with E-state index in [2.05, 4.69) is 17.2 Å². The Kier molecular flexibility index (Phi) is 4.48. The third kappa shape index (κ3) is 3.50. The minimum absolute atomic E-state index is 0.0680. The van der Waals surface area contributed by atoms with Gasteiger partial charge in [-0.05, 0) is 24.5 Å². The first-order valence-electron chi connectivity index (χ1n) is 7.66. The Morgan fingerprint density at radius 2 is 2.27 bits per heavy atom. The number of benzene rings is 1. The van der Waals surface area contributed by atoms with Crippen LogP contribution in [0.2, 0.25) is 5.02 Å². The molecule has 3 rings (SSSR count). The summed E-state index contributed by atoms with van der Waals surface area (Å²) in [5.41, 5.74) is 0.816. The van der Waals surface area contributed by atoms with Gasteiger partial charge in [-0.3, -0.25) is 4.79 Å². The van der Waals surface area contributed by atoms with Gasteiger partial charge in [-0.25, -0.2) is 4.98 Å². The lowest BCUT2D eigenvalue weighted by molar-refractivity contribution is -0.121. The monoisotopic (exact) mass is 318 g/mol. The molecule has 1 N–H and O–H groups in total. The van der Waals surface area contributed by atoms with Crippen LogP contribution in [0.5, 0.6) is 0 Å². The maximum absolute atomic E-state index is 11.9. The molecular formula is C17H19ClN2O2. The van der Waals surface area contributed by atoms with Crippen molar-refractivity contribution in [1.29, 1.82) is 0 Å². The molecule has 4 nitrogen and oxygen atoms in total. The summed E-state index contributed by atoms with van der Waals surface area (Å²) in [6.45, 7) is 2.15. The van der Waals surface area contributed by atoms with E-state index in [0.717, 1.165) is 18.4 Å². The molecule has 22 heavy (non-hydrogen) atoms. The second kappa shape index (κ2) is 6.53. The van der Waals surface area contributed by atoms with Crippen LogP contribution in [0.25, 0.3) is 11.3 Å². The van der Waals surface area contributed by atoms with Gasteiger partial charge in [0.2, 0.25) is 5.91 Å². The summed E-state index contributed by atoms with van der Waals surface area (Å²) in [6.07, 6.45) is 4.79. The number of hydrogen-bond acceptors (Lipinski definition) is 3. The fourth-order valence-electron chi connectivity index (χ4n) is 2.59. The van der Waals surface area contributed by atoms with Crippen molar-refractivity contribution in [2.75, 3.05) is 0 Å². The molecule has 116 valence electrons. The Morgan fingerprint density at radius 1 is 1.45 bits per heavy atom. The predicted molar refractivity (Wildman–Crippen MR) is 85.6 cm³/mol. The van der Waals surface area contributed by atoms with E-state index in [1.54, 1.807) is 6.20 Å². The number of oxazole rings is 1. The van der Waals surface area contributed by atoms with Crippen molar-refractivity contribution in [3.8, 4) is 11.3 Å². The molecule has 0 unspecified atom stereocenters. The Bertz CT molecular complexity index is 668. The van der Waals surface area contributed by atoms with E-state index in [1.807, 2.05) is 24.3 Å². The number of carbonyl (C=O) groups is 1. The number of carbonyl (C=O) groups excluding carboxylic acids is 1. The molecule has 1 heterocycles. The first-order chi connectivity index (χ1) is 10.7. The Labute approximate surface area is 134 Å². The number of hydrogen-bond donors (Lipinski definition) is 1. The zero-order valence-electron chi connectivity index (χ0n) is 12.5. The van der Waals surface area contributed by atoms with Crippen molar-refractivity contribution in [3.05, 3.63) is 41.4 Å². The molecule has 1 aliphatic carbocycles. The normalized spacial score (nSPS) is 19.9. The molecule has 0 aliphatic heterocycles. The molecule has 0 radical (unpaired) electrons. The van der Waals surface area contributed by atoms with Crippen LogP contribution in [0.3, 0.4) is 0 Å². The van der Waals surface area contributed by atoms with E-state index >= 15 is 0 Å². The van der Waals surface area contributed by atoms with Gasteiger partial charge in [-0.15, -0.1) is 0 Å². The highest BCUT2D eigenvalue weighted by Gasteiger charge is 2.36. The summed E-state index contributed by atoms with van der Waals surface area (Å²) in [5, 5.41) is 3.67. The number of nitrogens with one attached hydrogen (secondary N) is 1. The topological polar surface area (TPSA) is 55.1 Å². The van der Waals surface area contributed by atoms with E-state index in [9.17, 15) is 4.79 Å². The molecule has 1 saturated carbocycles. The summed E-state index contributed by atoms with van der Waals surface area (Å²) in [6, 6.07) is 7.84. The molecule has 1 aromatic heterocycles. The van der Waals surface area contributed by atoms with Gasteiger partial charge in [0.15, 0.2) is 11.7 Å². The molecule has 0 bridgehead atoms. The predicted octanol–water partition coefficient (Wildman–Crippen LogP) is 3.84. The van der Waals surface area contributed by atoms with Crippen molar-refractivity contribution in [2.24, 2.45) is 5.92 Å². The van der Waals surface area contributed by atoms with Gasteiger partial charge in [0, 0.05) is 24.4 Å². The lowest BCUT2D eigenvalue weighted by Gasteiger charge is -2.02. The van der Waals surface area contributed by atoms with Crippen LogP contribution in [-0.2, 0) is 11.2 Å². The lowest BCUT2D eigenvalue weighted by atomic mass is 10.2. The highest BCUT2D eigenvalue weighted by molar-refractivity contribution is 6.33. The smallest absolute Gasteiger partial charge is 0.220 e. The highest BCUT2D eigenvalue weighted by atomic mass is 35.5. The van der Waals surface area contributed by atoms with Crippen LogP contribution in [0.15, 0.2) is 34.9 Å². The molecule has 2 atom stereocenters. The van der Waals surface area contributed by atoms with E-state index in [0.29, 0.717) is 41.5 Å². The Balaban J connectivity index is 1.54. The number of aryl methyl sites for hydroxylation is 1. The maximum atomic E-state index is 11.9. The quantitative estimate of drug-likeness (QED) is 0.880. The number of rotatable bonds is 6. The van der Waals surface area contributed by atoms with Gasteiger partial charge in [0.25, 0.3) is 0 Å². The largest absolute Gasteiger partial charge is 0.441 e. The Morgan fingerprint density at radius 3 is 3.00 bits per heavy atom. The van der Waals surface area contributed by atoms with Gasteiger partial charge in [-0.2, -0.15) is 0 Å². The van der Waals surface area contributed by atoms with Crippen LogP contribution in [-0.4, -0.2) is 16.9 Å². The average Bonchev–Trinajstić information content (AvgIpc) is 3.09. The van der Waals surface area contributed by atoms with Crippen LogP contribution in [0, 0.1) is 5.92 Å². The van der Waals surface area contributed by atoms with Crippen molar-refractivity contribution in [1.82, 2.24) is 10.3 Å². The maximum Gasteiger partial charge on any atom is 0.220 e. The molecule has 1 amide bonds. The van der Waals surface area contributed by atoms with E-state index in [-0.39, 0.29) is 5.91 Å². The summed E-state index contributed by atoms with van der Waals surface area (Å²) in [7, 11) is 0. The zero-order valence-corrected chi connectivity index (χ0v) is 13.3. The summed E-state index contributed by atoms with van der Waals surface area (Å²) < 4.78 is 5.69. The molecule has 1 fully saturated rings. The van der Waals surface area contributed by atoms with Gasteiger partial charge >= 0.3 is 0 Å². The standard InChI is InChI=1S/C17H19ClN2O2/c1-2-11-9-14(11)20-16(21)7-8-17-19-10-15(22-17)12-5-3-4-6-13(12)18/h3-6,10-11,14H,2,7-9H2,1H3,(H,20,21)/t11-,14-/m1/s1. The molecular weight excluding hydrogens is 300 g/mol. The third-order valence-corrected chi connectivity index (χ3v) is 4.38. The Hall–Kier alpha value is -1.81. The van der Waals surface area contributed by atoms with Crippen LogP contribution in [0.1, 0.15) is 32.1 Å². The van der Waals surface area contributed by atoms with Gasteiger partial charge in [0.05, 0.1) is 11.2 Å². The molecule has 1 aromatic carbocycles. The van der Waals surface area contributed by atoms with Gasteiger partial charge < -0.3 is 9.73 Å². The molecule has 0 saturated heterocycles. The molecule has 5 heteroatoms. The van der Waals surface area contributed by atoms with E-state index in [1.165, 1.54) is 0 Å². The minimum Gasteiger partial charge on any atom is -0.441 e. The number of aromatic nitrogens is 1. The van der Waals surface area contributed by atoms with E-state index in [4.69, 9.17) is 16.0 Å². The second-order valence-electron chi connectivity index (χ2n) is 5.68. The molecule has 2 aromatic rings. The van der Waals surface area contributed by atoms with Gasteiger partial charge in [0.1, 0.15) is 0 Å². The SMILES string of the molecule is CC[C@@H]1C[C@H]1NC(=O)CCc1ncc(-c2ccccc2Cl)o1. The average molecular weight is 319 g/mol. The fraction of sp³-hybridized carbons (Fsp3) is 0.412.